The second-order valence-electron chi connectivity index (χ2n) is 4.61. The molecule has 0 spiro atoms. The Morgan fingerprint density at radius 3 is 2.86 bits per heavy atom. The number of rotatable bonds is 3. The highest BCUT2D eigenvalue weighted by Gasteiger charge is 2.10. The van der Waals surface area contributed by atoms with Gasteiger partial charge in [-0.25, -0.2) is 4.39 Å². The number of benzene rings is 2. The van der Waals surface area contributed by atoms with Crippen molar-refractivity contribution in [1.29, 1.82) is 0 Å². The summed E-state index contributed by atoms with van der Waals surface area (Å²) < 4.78 is 14.9. The van der Waals surface area contributed by atoms with Crippen LogP contribution in [0.15, 0.2) is 53.0 Å². The molecule has 1 aromatic heterocycles. The van der Waals surface area contributed by atoms with Crippen molar-refractivity contribution in [3.8, 4) is 0 Å². The Morgan fingerprint density at radius 1 is 1.19 bits per heavy atom. The number of hydrogen-bond acceptors (Lipinski definition) is 2. The topological polar surface area (TPSA) is 29.1 Å². The lowest BCUT2D eigenvalue weighted by Gasteiger charge is -2.04. The van der Waals surface area contributed by atoms with Gasteiger partial charge in [0, 0.05) is 15.7 Å². The number of nitrogens with one attached hydrogen (secondary N) is 1. The smallest absolute Gasteiger partial charge is 0.261 e. The Labute approximate surface area is 133 Å². The van der Waals surface area contributed by atoms with Gasteiger partial charge in [0.25, 0.3) is 5.91 Å². The molecule has 1 N–H and O–H groups in total. The first kappa shape index (κ1) is 14.2. The molecule has 0 aliphatic rings. The van der Waals surface area contributed by atoms with Gasteiger partial charge in [-0.2, -0.15) is 0 Å². The zero-order valence-corrected chi connectivity index (χ0v) is 13.3. The van der Waals surface area contributed by atoms with E-state index in [0.29, 0.717) is 11.4 Å². The Morgan fingerprint density at radius 2 is 2.05 bits per heavy atom. The molecule has 0 atom stereocenters. The fourth-order valence-electron chi connectivity index (χ4n) is 2.03. The fourth-order valence-corrected chi connectivity index (χ4v) is 3.48. The van der Waals surface area contributed by atoms with Crippen molar-refractivity contribution in [3.63, 3.8) is 0 Å². The number of amides is 1. The first-order valence-electron chi connectivity index (χ1n) is 6.33. The highest BCUT2D eigenvalue weighted by Crippen LogP contribution is 2.26. The second-order valence-corrected chi connectivity index (χ2v) is 6.60. The highest BCUT2D eigenvalue weighted by atomic mass is 79.9. The molecule has 2 aromatic carbocycles. The summed E-state index contributed by atoms with van der Waals surface area (Å²) in [5, 5.41) is 3.76. The minimum atomic E-state index is -0.287. The van der Waals surface area contributed by atoms with Crippen LogP contribution in [0.1, 0.15) is 15.2 Å². The van der Waals surface area contributed by atoms with Gasteiger partial charge in [0.05, 0.1) is 4.88 Å². The normalized spacial score (nSPS) is 10.8. The van der Waals surface area contributed by atoms with E-state index in [-0.39, 0.29) is 11.7 Å². The van der Waals surface area contributed by atoms with Crippen molar-refractivity contribution >= 4 is 43.3 Å². The number of thiophene rings is 1. The SMILES string of the molecule is O=C(NCc1cccc(Br)c1)c1cc2ccc(F)cc2s1. The summed E-state index contributed by atoms with van der Waals surface area (Å²) in [4.78, 5) is 12.7. The molecule has 0 bridgehead atoms. The minimum Gasteiger partial charge on any atom is -0.347 e. The average molecular weight is 364 g/mol. The largest absolute Gasteiger partial charge is 0.347 e. The van der Waals surface area contributed by atoms with Crippen LogP contribution in [0, 0.1) is 5.82 Å². The second kappa shape index (κ2) is 5.95. The molecule has 3 rings (SSSR count). The maximum Gasteiger partial charge on any atom is 0.261 e. The molecule has 0 saturated carbocycles. The Kier molecular flexibility index (Phi) is 4.03. The average Bonchev–Trinajstić information content (AvgIpc) is 2.88. The summed E-state index contributed by atoms with van der Waals surface area (Å²) in [5.41, 5.74) is 1.02. The van der Waals surface area contributed by atoms with Crippen molar-refractivity contribution in [2.45, 2.75) is 6.54 Å². The maximum absolute atomic E-state index is 13.2. The Hall–Kier alpha value is -1.72. The van der Waals surface area contributed by atoms with Gasteiger partial charge < -0.3 is 5.32 Å². The fraction of sp³-hybridized carbons (Fsp3) is 0.0625. The van der Waals surface area contributed by atoms with Crippen LogP contribution in [-0.2, 0) is 6.54 Å². The van der Waals surface area contributed by atoms with Crippen LogP contribution in [0.5, 0.6) is 0 Å². The molecule has 3 aromatic rings. The molecule has 0 fully saturated rings. The zero-order valence-electron chi connectivity index (χ0n) is 10.9. The van der Waals surface area contributed by atoms with E-state index >= 15 is 0 Å². The summed E-state index contributed by atoms with van der Waals surface area (Å²) >= 11 is 4.69. The van der Waals surface area contributed by atoms with Gasteiger partial charge in [0.1, 0.15) is 5.82 Å². The van der Waals surface area contributed by atoms with Crippen LogP contribution in [0.3, 0.4) is 0 Å². The quantitative estimate of drug-likeness (QED) is 0.715. The lowest BCUT2D eigenvalue weighted by atomic mass is 10.2. The van der Waals surface area contributed by atoms with Gasteiger partial charge in [-0.15, -0.1) is 11.3 Å². The van der Waals surface area contributed by atoms with Crippen molar-refractivity contribution in [3.05, 3.63) is 69.3 Å². The minimum absolute atomic E-state index is 0.142. The van der Waals surface area contributed by atoms with Gasteiger partial charge in [0.2, 0.25) is 0 Å². The number of carbonyl (C=O) groups excluding carboxylic acids is 1. The number of carbonyl (C=O) groups is 1. The first-order chi connectivity index (χ1) is 10.1. The monoisotopic (exact) mass is 363 g/mol. The summed E-state index contributed by atoms with van der Waals surface area (Å²) in [6, 6.07) is 14.1. The van der Waals surface area contributed by atoms with Crippen molar-refractivity contribution in [2.24, 2.45) is 0 Å². The molecule has 0 aliphatic heterocycles. The van der Waals surface area contributed by atoms with E-state index in [4.69, 9.17) is 0 Å². The predicted octanol–water partition coefficient (Wildman–Crippen LogP) is 4.73. The molecule has 21 heavy (non-hydrogen) atoms. The van der Waals surface area contributed by atoms with E-state index in [2.05, 4.69) is 21.2 Å². The van der Waals surface area contributed by atoms with E-state index in [0.717, 1.165) is 20.1 Å². The number of halogens is 2. The van der Waals surface area contributed by atoms with E-state index < -0.39 is 0 Å². The molecule has 106 valence electrons. The number of fused-ring (bicyclic) bond motifs is 1. The molecule has 1 heterocycles. The summed E-state index contributed by atoms with van der Waals surface area (Å²) in [7, 11) is 0. The lowest BCUT2D eigenvalue weighted by Crippen LogP contribution is -2.21. The van der Waals surface area contributed by atoms with Gasteiger partial charge >= 0.3 is 0 Å². The third-order valence-electron chi connectivity index (χ3n) is 3.05. The molecule has 0 aliphatic carbocycles. The molecule has 2 nitrogen and oxygen atoms in total. The molecule has 1 amide bonds. The molecular weight excluding hydrogens is 353 g/mol. The Balaban J connectivity index is 1.74. The third-order valence-corrected chi connectivity index (χ3v) is 4.64. The van der Waals surface area contributed by atoms with Crippen molar-refractivity contribution < 1.29 is 9.18 Å². The highest BCUT2D eigenvalue weighted by molar-refractivity contribution is 9.10. The van der Waals surface area contributed by atoms with E-state index in [1.165, 1.54) is 23.5 Å². The van der Waals surface area contributed by atoms with E-state index in [9.17, 15) is 9.18 Å². The van der Waals surface area contributed by atoms with Crippen molar-refractivity contribution in [1.82, 2.24) is 5.32 Å². The summed E-state index contributed by atoms with van der Waals surface area (Å²) in [6.07, 6.45) is 0. The first-order valence-corrected chi connectivity index (χ1v) is 7.94. The van der Waals surface area contributed by atoms with Crippen LogP contribution in [0.4, 0.5) is 4.39 Å². The molecule has 5 heteroatoms. The zero-order chi connectivity index (χ0) is 14.8. The van der Waals surface area contributed by atoms with Crippen LogP contribution in [0.25, 0.3) is 10.1 Å². The molecule has 0 unspecified atom stereocenters. The summed E-state index contributed by atoms with van der Waals surface area (Å²) in [5.74, 6) is -0.429. The predicted molar refractivity (Wildman–Crippen MR) is 87.1 cm³/mol. The molecule has 0 radical (unpaired) electrons. The molecule has 0 saturated heterocycles. The lowest BCUT2D eigenvalue weighted by molar-refractivity contribution is 0.0955. The van der Waals surface area contributed by atoms with Crippen LogP contribution in [-0.4, -0.2) is 5.91 Å². The summed E-state index contributed by atoms with van der Waals surface area (Å²) in [6.45, 7) is 0.459. The maximum atomic E-state index is 13.2. The van der Waals surface area contributed by atoms with Crippen LogP contribution >= 0.6 is 27.3 Å². The van der Waals surface area contributed by atoms with E-state index in [1.54, 1.807) is 12.1 Å². The van der Waals surface area contributed by atoms with Gasteiger partial charge in [0.15, 0.2) is 0 Å². The van der Waals surface area contributed by atoms with Gasteiger partial charge in [-0.3, -0.25) is 4.79 Å². The van der Waals surface area contributed by atoms with Crippen LogP contribution < -0.4 is 5.32 Å². The van der Waals surface area contributed by atoms with Gasteiger partial charge in [-0.1, -0.05) is 34.1 Å². The third kappa shape index (κ3) is 3.31. The molecular formula is C16H11BrFNOS. The number of hydrogen-bond donors (Lipinski definition) is 1. The van der Waals surface area contributed by atoms with E-state index in [1.807, 2.05) is 24.3 Å². The standard InChI is InChI=1S/C16H11BrFNOS/c17-12-3-1-2-10(6-12)9-19-16(20)15-7-11-4-5-13(18)8-14(11)21-15/h1-8H,9H2,(H,19,20). The van der Waals surface area contributed by atoms with Crippen LogP contribution in [0.2, 0.25) is 0 Å². The van der Waals surface area contributed by atoms with Gasteiger partial charge in [-0.05, 0) is 41.3 Å². The Bertz CT molecular complexity index is 815. The van der Waals surface area contributed by atoms with Crippen molar-refractivity contribution in [2.75, 3.05) is 0 Å².